The molecular weight excluding hydrogens is 366 g/mol. The van der Waals surface area contributed by atoms with Crippen LogP contribution in [-0.4, -0.2) is 61.4 Å². The summed E-state index contributed by atoms with van der Waals surface area (Å²) in [5, 5.41) is 0. The number of halogens is 1. The third-order valence-corrected chi connectivity index (χ3v) is 5.71. The first kappa shape index (κ1) is 23.2. The van der Waals surface area contributed by atoms with E-state index < -0.39 is 5.41 Å². The molecule has 0 saturated carbocycles. The Morgan fingerprint density at radius 3 is 2.15 bits per heavy atom. The lowest BCUT2D eigenvalue weighted by atomic mass is 9.81. The first-order chi connectivity index (χ1) is 12.4. The van der Waals surface area contributed by atoms with Gasteiger partial charge in [-0.15, -0.1) is 12.4 Å². The minimum absolute atomic E-state index is 0. The van der Waals surface area contributed by atoms with Crippen LogP contribution in [0.1, 0.15) is 42.6 Å². The second kappa shape index (κ2) is 9.95. The van der Waals surface area contributed by atoms with E-state index in [9.17, 15) is 9.59 Å². The molecule has 1 aromatic rings. The SMILES string of the molecule is CCC(CC)(CN)C(=O)N1CCN(C(=O)c2ccc(C)c(OC)c2)CC1.Cl. The van der Waals surface area contributed by atoms with E-state index >= 15 is 0 Å². The van der Waals surface area contributed by atoms with Gasteiger partial charge in [-0.05, 0) is 37.5 Å². The fraction of sp³-hybridized carbons (Fsp3) is 0.600. The van der Waals surface area contributed by atoms with E-state index in [4.69, 9.17) is 10.5 Å². The van der Waals surface area contributed by atoms with E-state index in [1.807, 2.05) is 37.8 Å². The van der Waals surface area contributed by atoms with Gasteiger partial charge in [-0.2, -0.15) is 0 Å². The Morgan fingerprint density at radius 1 is 1.11 bits per heavy atom. The lowest BCUT2D eigenvalue weighted by Crippen LogP contribution is -2.55. The zero-order valence-electron chi connectivity index (χ0n) is 16.8. The van der Waals surface area contributed by atoms with E-state index in [0.717, 1.165) is 18.4 Å². The van der Waals surface area contributed by atoms with Crippen molar-refractivity contribution in [3.8, 4) is 5.75 Å². The van der Waals surface area contributed by atoms with Gasteiger partial charge in [-0.1, -0.05) is 19.9 Å². The number of carbonyl (C=O) groups excluding carboxylic acids is 2. The molecule has 0 spiro atoms. The average molecular weight is 398 g/mol. The van der Waals surface area contributed by atoms with Gasteiger partial charge >= 0.3 is 0 Å². The van der Waals surface area contributed by atoms with Gasteiger partial charge in [0, 0.05) is 38.3 Å². The van der Waals surface area contributed by atoms with Crippen molar-refractivity contribution in [2.75, 3.05) is 39.8 Å². The number of nitrogens with zero attached hydrogens (tertiary/aromatic N) is 2. The Balaban J connectivity index is 0.00000364. The predicted molar refractivity (Wildman–Crippen MR) is 110 cm³/mol. The van der Waals surface area contributed by atoms with Crippen LogP contribution in [0.25, 0.3) is 0 Å². The lowest BCUT2D eigenvalue weighted by Gasteiger charge is -2.40. The number of methoxy groups -OCH3 is 1. The van der Waals surface area contributed by atoms with Gasteiger partial charge in [-0.3, -0.25) is 9.59 Å². The highest BCUT2D eigenvalue weighted by molar-refractivity contribution is 5.95. The summed E-state index contributed by atoms with van der Waals surface area (Å²) in [6.07, 6.45) is 1.47. The maximum absolute atomic E-state index is 12.9. The van der Waals surface area contributed by atoms with Crippen LogP contribution in [0.4, 0.5) is 0 Å². The van der Waals surface area contributed by atoms with E-state index in [1.54, 1.807) is 18.1 Å². The van der Waals surface area contributed by atoms with Crippen molar-refractivity contribution >= 4 is 24.2 Å². The Bertz CT molecular complexity index is 646. The largest absolute Gasteiger partial charge is 0.496 e. The lowest BCUT2D eigenvalue weighted by molar-refractivity contribution is -0.143. The third kappa shape index (κ3) is 4.74. The minimum Gasteiger partial charge on any atom is -0.496 e. The molecule has 6 nitrogen and oxygen atoms in total. The Labute approximate surface area is 168 Å². The summed E-state index contributed by atoms with van der Waals surface area (Å²) in [6, 6.07) is 5.50. The number of rotatable bonds is 6. The number of amides is 2. The van der Waals surface area contributed by atoms with Crippen molar-refractivity contribution in [1.82, 2.24) is 9.80 Å². The standard InChI is InChI=1S/C20H31N3O3.ClH/c1-5-20(6-2,14-21)19(25)23-11-9-22(10-12-23)18(24)16-8-7-15(3)17(13-16)26-4;/h7-8,13H,5-6,9-12,14,21H2,1-4H3;1H. The van der Waals surface area contributed by atoms with E-state index in [-0.39, 0.29) is 24.2 Å². The summed E-state index contributed by atoms with van der Waals surface area (Å²) in [5.41, 5.74) is 7.04. The Morgan fingerprint density at radius 2 is 1.67 bits per heavy atom. The van der Waals surface area contributed by atoms with Crippen molar-refractivity contribution in [2.24, 2.45) is 11.1 Å². The summed E-state index contributed by atoms with van der Waals surface area (Å²) >= 11 is 0. The molecule has 1 aliphatic heterocycles. The highest BCUT2D eigenvalue weighted by atomic mass is 35.5. The number of piperazine rings is 1. The molecule has 1 saturated heterocycles. The number of aryl methyl sites for hydroxylation is 1. The third-order valence-electron chi connectivity index (χ3n) is 5.71. The zero-order valence-corrected chi connectivity index (χ0v) is 17.6. The van der Waals surface area contributed by atoms with E-state index in [0.29, 0.717) is 44.0 Å². The van der Waals surface area contributed by atoms with E-state index in [2.05, 4.69) is 0 Å². The van der Waals surface area contributed by atoms with Gasteiger partial charge in [-0.25, -0.2) is 0 Å². The fourth-order valence-electron chi connectivity index (χ4n) is 3.51. The maximum atomic E-state index is 12.9. The Hall–Kier alpha value is -1.79. The molecule has 1 aromatic carbocycles. The molecule has 2 N–H and O–H groups in total. The number of nitrogens with two attached hydrogens (primary N) is 1. The van der Waals surface area contributed by atoms with Crippen LogP contribution in [0.5, 0.6) is 5.75 Å². The Kier molecular flexibility index (Phi) is 8.57. The van der Waals surface area contributed by atoms with Crippen LogP contribution < -0.4 is 10.5 Å². The van der Waals surface area contributed by atoms with Gasteiger partial charge < -0.3 is 20.3 Å². The molecule has 0 unspecified atom stereocenters. The van der Waals surface area contributed by atoms with Crippen LogP contribution in [0.3, 0.4) is 0 Å². The van der Waals surface area contributed by atoms with Gasteiger partial charge in [0.15, 0.2) is 0 Å². The minimum atomic E-state index is -0.476. The van der Waals surface area contributed by atoms with Gasteiger partial charge in [0.2, 0.25) is 5.91 Å². The summed E-state index contributed by atoms with van der Waals surface area (Å²) < 4.78 is 5.31. The van der Waals surface area contributed by atoms with Crippen LogP contribution in [-0.2, 0) is 4.79 Å². The smallest absolute Gasteiger partial charge is 0.254 e. The zero-order chi connectivity index (χ0) is 19.3. The summed E-state index contributed by atoms with van der Waals surface area (Å²) in [7, 11) is 1.60. The van der Waals surface area contributed by atoms with Gasteiger partial charge in [0.25, 0.3) is 5.91 Å². The molecule has 0 aromatic heterocycles. The fourth-order valence-corrected chi connectivity index (χ4v) is 3.51. The van der Waals surface area contributed by atoms with E-state index in [1.165, 1.54) is 0 Å². The molecule has 0 bridgehead atoms. The van der Waals surface area contributed by atoms with Crippen molar-refractivity contribution < 1.29 is 14.3 Å². The van der Waals surface area contributed by atoms with Crippen molar-refractivity contribution in [3.05, 3.63) is 29.3 Å². The molecule has 1 aliphatic rings. The molecule has 2 rings (SSSR count). The molecule has 152 valence electrons. The average Bonchev–Trinajstić information content (AvgIpc) is 2.69. The number of hydrogen-bond acceptors (Lipinski definition) is 4. The normalized spacial score (nSPS) is 14.6. The number of carbonyl (C=O) groups is 2. The molecule has 27 heavy (non-hydrogen) atoms. The maximum Gasteiger partial charge on any atom is 0.254 e. The van der Waals surface area contributed by atoms with Crippen molar-refractivity contribution in [3.63, 3.8) is 0 Å². The van der Waals surface area contributed by atoms with Crippen LogP contribution in [0.2, 0.25) is 0 Å². The first-order valence-electron chi connectivity index (χ1n) is 9.35. The highest BCUT2D eigenvalue weighted by Gasteiger charge is 2.38. The monoisotopic (exact) mass is 397 g/mol. The number of benzene rings is 1. The topological polar surface area (TPSA) is 75.9 Å². The predicted octanol–water partition coefficient (Wildman–Crippen LogP) is 2.47. The van der Waals surface area contributed by atoms with Gasteiger partial charge in [0.05, 0.1) is 12.5 Å². The summed E-state index contributed by atoms with van der Waals surface area (Å²) in [6.45, 7) is 8.51. The van der Waals surface area contributed by atoms with Crippen molar-refractivity contribution in [2.45, 2.75) is 33.6 Å². The molecular formula is C20H32ClN3O3. The molecule has 0 aliphatic carbocycles. The van der Waals surface area contributed by atoms with Gasteiger partial charge in [0.1, 0.15) is 5.75 Å². The highest BCUT2D eigenvalue weighted by Crippen LogP contribution is 2.28. The number of hydrogen-bond donors (Lipinski definition) is 1. The van der Waals surface area contributed by atoms with Crippen LogP contribution in [0.15, 0.2) is 18.2 Å². The second-order valence-electron chi connectivity index (χ2n) is 6.96. The quantitative estimate of drug-likeness (QED) is 0.800. The van der Waals surface area contributed by atoms with Crippen LogP contribution >= 0.6 is 12.4 Å². The molecule has 0 radical (unpaired) electrons. The number of ether oxygens (including phenoxy) is 1. The van der Waals surface area contributed by atoms with Crippen LogP contribution in [0, 0.1) is 12.3 Å². The van der Waals surface area contributed by atoms with Crippen molar-refractivity contribution in [1.29, 1.82) is 0 Å². The molecule has 0 atom stereocenters. The molecule has 1 fully saturated rings. The second-order valence-corrected chi connectivity index (χ2v) is 6.96. The molecule has 2 amide bonds. The molecule has 7 heteroatoms. The summed E-state index contributed by atoms with van der Waals surface area (Å²) in [5.74, 6) is 0.809. The first-order valence-corrected chi connectivity index (χ1v) is 9.35. The summed E-state index contributed by atoms with van der Waals surface area (Å²) in [4.78, 5) is 29.3. The molecule has 1 heterocycles.